The number of hydrogen-bond donors (Lipinski definition) is 3. The number of rotatable bonds is 4. The fourth-order valence-electron chi connectivity index (χ4n) is 1.56. The van der Waals surface area contributed by atoms with Crippen LogP contribution in [0.3, 0.4) is 0 Å². The summed E-state index contributed by atoms with van der Waals surface area (Å²) in [6.45, 7) is 6.71. The van der Waals surface area contributed by atoms with Crippen LogP contribution in [0.25, 0.3) is 0 Å². The molecule has 1 atom stereocenters. The van der Waals surface area contributed by atoms with E-state index in [0.717, 1.165) is 5.56 Å². The SMILES string of the molecule is Cc1ccc(C(=O)O[C@@H](C)C(=O)NC(=O)NC(C)C)cc1N. The molecule has 120 valence electrons. The van der Waals surface area contributed by atoms with Crippen molar-refractivity contribution in [3.05, 3.63) is 29.3 Å². The summed E-state index contributed by atoms with van der Waals surface area (Å²) in [4.78, 5) is 35.1. The van der Waals surface area contributed by atoms with Crippen LogP contribution in [0.15, 0.2) is 18.2 Å². The highest BCUT2D eigenvalue weighted by Crippen LogP contribution is 2.14. The highest BCUT2D eigenvalue weighted by molar-refractivity contribution is 5.98. The first-order valence-corrected chi connectivity index (χ1v) is 6.89. The van der Waals surface area contributed by atoms with Gasteiger partial charge in [-0.15, -0.1) is 0 Å². The van der Waals surface area contributed by atoms with Gasteiger partial charge in [0.1, 0.15) is 0 Å². The normalized spacial score (nSPS) is 11.7. The van der Waals surface area contributed by atoms with E-state index in [1.165, 1.54) is 13.0 Å². The van der Waals surface area contributed by atoms with Crippen molar-refractivity contribution in [3.8, 4) is 0 Å². The minimum atomic E-state index is -1.10. The average molecular weight is 307 g/mol. The zero-order chi connectivity index (χ0) is 16.9. The minimum absolute atomic E-state index is 0.110. The van der Waals surface area contributed by atoms with Crippen molar-refractivity contribution in [1.82, 2.24) is 10.6 Å². The lowest BCUT2D eigenvalue weighted by Gasteiger charge is -2.14. The second kappa shape index (κ2) is 7.44. The molecule has 0 aliphatic heterocycles. The number of carbonyl (C=O) groups excluding carboxylic acids is 3. The van der Waals surface area contributed by atoms with Gasteiger partial charge in [-0.25, -0.2) is 9.59 Å². The molecular formula is C15H21N3O4. The lowest BCUT2D eigenvalue weighted by molar-refractivity contribution is -0.127. The summed E-state index contributed by atoms with van der Waals surface area (Å²) in [5.74, 6) is -1.38. The number of ether oxygens (including phenoxy) is 1. The predicted octanol–water partition coefficient (Wildman–Crippen LogP) is 1.36. The number of hydrogen-bond acceptors (Lipinski definition) is 5. The number of amides is 3. The second-order valence-electron chi connectivity index (χ2n) is 5.24. The summed E-state index contributed by atoms with van der Waals surface area (Å²) in [6.07, 6.45) is -1.10. The van der Waals surface area contributed by atoms with E-state index in [1.807, 2.05) is 6.92 Å². The third-order valence-electron chi connectivity index (χ3n) is 2.82. The summed E-state index contributed by atoms with van der Waals surface area (Å²) in [5.41, 5.74) is 7.27. The summed E-state index contributed by atoms with van der Waals surface area (Å²) in [7, 11) is 0. The van der Waals surface area contributed by atoms with Crippen molar-refractivity contribution >= 4 is 23.6 Å². The van der Waals surface area contributed by atoms with Crippen molar-refractivity contribution in [2.24, 2.45) is 0 Å². The molecule has 0 spiro atoms. The quantitative estimate of drug-likeness (QED) is 0.574. The molecule has 0 fully saturated rings. The van der Waals surface area contributed by atoms with Crippen molar-refractivity contribution in [1.29, 1.82) is 0 Å². The molecule has 0 saturated heterocycles. The van der Waals surface area contributed by atoms with E-state index in [0.29, 0.717) is 5.69 Å². The molecule has 0 aromatic heterocycles. The number of aryl methyl sites for hydroxylation is 1. The van der Waals surface area contributed by atoms with Crippen molar-refractivity contribution < 1.29 is 19.1 Å². The number of nitrogens with one attached hydrogen (secondary N) is 2. The molecule has 22 heavy (non-hydrogen) atoms. The van der Waals surface area contributed by atoms with Gasteiger partial charge >= 0.3 is 12.0 Å². The van der Waals surface area contributed by atoms with Crippen LogP contribution in [0.2, 0.25) is 0 Å². The Morgan fingerprint density at radius 2 is 1.82 bits per heavy atom. The van der Waals surface area contributed by atoms with Gasteiger partial charge in [0.25, 0.3) is 5.91 Å². The molecule has 7 nitrogen and oxygen atoms in total. The Morgan fingerprint density at radius 3 is 2.36 bits per heavy atom. The number of imide groups is 1. The van der Waals surface area contributed by atoms with Crippen LogP contribution in [0.4, 0.5) is 10.5 Å². The van der Waals surface area contributed by atoms with E-state index >= 15 is 0 Å². The molecule has 0 aliphatic carbocycles. The Morgan fingerprint density at radius 1 is 1.18 bits per heavy atom. The zero-order valence-corrected chi connectivity index (χ0v) is 13.1. The Balaban J connectivity index is 2.61. The molecule has 7 heteroatoms. The fraction of sp³-hybridized carbons (Fsp3) is 0.400. The van der Waals surface area contributed by atoms with Crippen LogP contribution in [0, 0.1) is 6.92 Å². The Hall–Kier alpha value is -2.57. The third-order valence-corrected chi connectivity index (χ3v) is 2.82. The fourth-order valence-corrected chi connectivity index (χ4v) is 1.56. The first-order chi connectivity index (χ1) is 10.2. The topological polar surface area (TPSA) is 111 Å². The van der Waals surface area contributed by atoms with Gasteiger partial charge in [0.2, 0.25) is 0 Å². The number of benzene rings is 1. The Kier molecular flexibility index (Phi) is 5.91. The van der Waals surface area contributed by atoms with Crippen LogP contribution in [0.5, 0.6) is 0 Å². The van der Waals surface area contributed by atoms with E-state index in [-0.39, 0.29) is 11.6 Å². The first-order valence-electron chi connectivity index (χ1n) is 6.89. The van der Waals surface area contributed by atoms with E-state index < -0.39 is 24.0 Å². The first kappa shape index (κ1) is 17.5. The summed E-state index contributed by atoms with van der Waals surface area (Å²) in [6, 6.07) is 3.98. The molecule has 0 bridgehead atoms. The van der Waals surface area contributed by atoms with Crippen LogP contribution in [-0.4, -0.2) is 30.1 Å². The van der Waals surface area contributed by atoms with E-state index in [9.17, 15) is 14.4 Å². The maximum atomic E-state index is 11.9. The molecule has 4 N–H and O–H groups in total. The van der Waals surface area contributed by atoms with E-state index in [2.05, 4.69) is 10.6 Å². The number of nitrogen functional groups attached to an aromatic ring is 1. The Labute approximate surface area is 129 Å². The average Bonchev–Trinajstić information content (AvgIpc) is 2.40. The molecule has 1 aromatic carbocycles. The number of esters is 1. The van der Waals surface area contributed by atoms with Gasteiger partial charge in [-0.3, -0.25) is 10.1 Å². The van der Waals surface area contributed by atoms with E-state index in [4.69, 9.17) is 10.5 Å². The predicted molar refractivity (Wildman–Crippen MR) is 82.3 cm³/mol. The monoisotopic (exact) mass is 307 g/mol. The molecule has 1 rings (SSSR count). The molecule has 1 aromatic rings. The van der Waals surface area contributed by atoms with Crippen LogP contribution in [0.1, 0.15) is 36.7 Å². The Bertz CT molecular complexity index is 584. The summed E-state index contributed by atoms with van der Waals surface area (Å²) >= 11 is 0. The van der Waals surface area contributed by atoms with Crippen LogP contribution in [-0.2, 0) is 9.53 Å². The highest BCUT2D eigenvalue weighted by atomic mass is 16.5. The van der Waals surface area contributed by atoms with Gasteiger partial charge < -0.3 is 15.8 Å². The van der Waals surface area contributed by atoms with Gasteiger partial charge in [0.15, 0.2) is 6.10 Å². The lowest BCUT2D eigenvalue weighted by Crippen LogP contribution is -2.46. The molecule has 0 heterocycles. The molecule has 0 unspecified atom stereocenters. The molecule has 0 saturated carbocycles. The third kappa shape index (κ3) is 5.08. The summed E-state index contributed by atoms with van der Waals surface area (Å²) in [5, 5.41) is 4.60. The maximum absolute atomic E-state index is 11.9. The molecule has 0 aliphatic rings. The minimum Gasteiger partial charge on any atom is -0.449 e. The second-order valence-corrected chi connectivity index (χ2v) is 5.24. The van der Waals surface area contributed by atoms with Gasteiger partial charge in [0.05, 0.1) is 5.56 Å². The van der Waals surface area contributed by atoms with Crippen LogP contribution >= 0.6 is 0 Å². The van der Waals surface area contributed by atoms with Gasteiger partial charge in [-0.1, -0.05) is 6.07 Å². The van der Waals surface area contributed by atoms with Gasteiger partial charge in [-0.2, -0.15) is 0 Å². The van der Waals surface area contributed by atoms with Gasteiger partial charge in [0, 0.05) is 11.7 Å². The van der Waals surface area contributed by atoms with Crippen molar-refractivity contribution in [2.45, 2.75) is 39.8 Å². The van der Waals surface area contributed by atoms with Crippen molar-refractivity contribution in [3.63, 3.8) is 0 Å². The maximum Gasteiger partial charge on any atom is 0.338 e. The largest absolute Gasteiger partial charge is 0.449 e. The number of anilines is 1. The smallest absolute Gasteiger partial charge is 0.338 e. The molecular weight excluding hydrogens is 286 g/mol. The van der Waals surface area contributed by atoms with E-state index in [1.54, 1.807) is 26.0 Å². The lowest BCUT2D eigenvalue weighted by atomic mass is 10.1. The highest BCUT2D eigenvalue weighted by Gasteiger charge is 2.21. The number of nitrogens with two attached hydrogens (primary N) is 1. The number of carbonyl (C=O) groups is 3. The van der Waals surface area contributed by atoms with Gasteiger partial charge in [-0.05, 0) is 45.4 Å². The van der Waals surface area contributed by atoms with Crippen molar-refractivity contribution in [2.75, 3.05) is 5.73 Å². The molecule has 3 amide bonds. The van der Waals surface area contributed by atoms with Crippen LogP contribution < -0.4 is 16.4 Å². The summed E-state index contributed by atoms with van der Waals surface area (Å²) < 4.78 is 5.01. The zero-order valence-electron chi connectivity index (χ0n) is 13.1. The standard InChI is InChI=1S/C15H21N3O4/c1-8(2)17-15(21)18-13(19)10(4)22-14(20)11-6-5-9(3)12(16)7-11/h5-8,10H,16H2,1-4H3,(H2,17,18,19,21)/t10-/m0/s1. The molecule has 0 radical (unpaired) electrons. The number of urea groups is 1.